The minimum absolute atomic E-state index is 0.0710. The number of halogens is 2. The molecule has 0 amide bonds. The van der Waals surface area contributed by atoms with E-state index < -0.39 is 10.0 Å². The molecule has 19 heavy (non-hydrogen) atoms. The van der Waals surface area contributed by atoms with Gasteiger partial charge in [0.1, 0.15) is 0 Å². The van der Waals surface area contributed by atoms with E-state index in [1.165, 1.54) is 4.68 Å². The fourth-order valence-corrected chi connectivity index (χ4v) is 4.96. The van der Waals surface area contributed by atoms with Crippen molar-refractivity contribution in [2.24, 2.45) is 13.0 Å². The van der Waals surface area contributed by atoms with Gasteiger partial charge in [-0.05, 0) is 47.5 Å². The first-order chi connectivity index (χ1) is 8.90. The molecule has 1 fully saturated rings. The first-order valence-corrected chi connectivity index (χ1v) is 9.28. The lowest BCUT2D eigenvalue weighted by molar-refractivity contribution is 0.366. The van der Waals surface area contributed by atoms with Gasteiger partial charge in [0.15, 0.2) is 4.60 Å². The second-order valence-electron chi connectivity index (χ2n) is 4.78. The van der Waals surface area contributed by atoms with Gasteiger partial charge in [0.2, 0.25) is 5.03 Å². The van der Waals surface area contributed by atoms with Crippen LogP contribution in [0.3, 0.4) is 0 Å². The third-order valence-electron chi connectivity index (χ3n) is 3.33. The predicted molar refractivity (Wildman–Crippen MR) is 78.6 cm³/mol. The van der Waals surface area contributed by atoms with Gasteiger partial charge in [0.05, 0.1) is 0 Å². The van der Waals surface area contributed by atoms with Crippen LogP contribution < -0.4 is 4.72 Å². The first-order valence-electron chi connectivity index (χ1n) is 6.09. The van der Waals surface area contributed by atoms with Crippen molar-refractivity contribution in [3.63, 3.8) is 0 Å². The zero-order valence-electron chi connectivity index (χ0n) is 10.5. The van der Waals surface area contributed by atoms with Crippen molar-refractivity contribution < 1.29 is 8.42 Å². The van der Waals surface area contributed by atoms with Crippen molar-refractivity contribution in [2.75, 3.05) is 6.54 Å². The van der Waals surface area contributed by atoms with E-state index in [4.69, 9.17) is 0 Å². The van der Waals surface area contributed by atoms with E-state index in [1.807, 2.05) is 0 Å². The summed E-state index contributed by atoms with van der Waals surface area (Å²) in [7, 11) is -2.00. The SMILES string of the molecule is Cn1nnc(Br)c1S(=O)(=O)NCC1CCC(Br)CC1. The Morgan fingerprint density at radius 1 is 1.37 bits per heavy atom. The van der Waals surface area contributed by atoms with E-state index in [0.29, 0.717) is 17.3 Å². The molecule has 1 aromatic heterocycles. The van der Waals surface area contributed by atoms with Crippen LogP contribution in [0.1, 0.15) is 25.7 Å². The molecule has 108 valence electrons. The van der Waals surface area contributed by atoms with E-state index in [-0.39, 0.29) is 9.63 Å². The fraction of sp³-hybridized carbons (Fsp3) is 0.800. The summed E-state index contributed by atoms with van der Waals surface area (Å²) in [5.74, 6) is 0.406. The molecule has 6 nitrogen and oxygen atoms in total. The predicted octanol–water partition coefficient (Wildman–Crippen LogP) is 1.81. The van der Waals surface area contributed by atoms with Gasteiger partial charge in [-0.25, -0.2) is 17.8 Å². The third kappa shape index (κ3) is 3.77. The molecule has 1 aliphatic rings. The minimum Gasteiger partial charge on any atom is -0.235 e. The molecule has 0 aliphatic heterocycles. The van der Waals surface area contributed by atoms with Crippen molar-refractivity contribution in [3.05, 3.63) is 4.60 Å². The molecule has 0 aromatic carbocycles. The van der Waals surface area contributed by atoms with Crippen LogP contribution in [0.25, 0.3) is 0 Å². The van der Waals surface area contributed by atoms with Crippen molar-refractivity contribution in [1.82, 2.24) is 19.7 Å². The van der Waals surface area contributed by atoms with Crippen LogP contribution in [0.5, 0.6) is 0 Å². The molecule has 0 spiro atoms. The summed E-state index contributed by atoms with van der Waals surface area (Å²) in [4.78, 5) is 0.579. The second kappa shape index (κ2) is 6.19. The minimum atomic E-state index is -3.56. The Bertz CT molecular complexity index is 518. The lowest BCUT2D eigenvalue weighted by Gasteiger charge is -2.25. The van der Waals surface area contributed by atoms with Crippen molar-refractivity contribution in [1.29, 1.82) is 0 Å². The number of aryl methyl sites for hydroxylation is 1. The summed E-state index contributed by atoms with van der Waals surface area (Å²) in [6.07, 6.45) is 4.29. The van der Waals surface area contributed by atoms with Gasteiger partial charge in [-0.3, -0.25) is 0 Å². The van der Waals surface area contributed by atoms with Crippen LogP contribution >= 0.6 is 31.9 Å². The van der Waals surface area contributed by atoms with Crippen LogP contribution in [0, 0.1) is 5.92 Å². The summed E-state index contributed by atoms with van der Waals surface area (Å²) in [6, 6.07) is 0. The quantitative estimate of drug-likeness (QED) is 0.760. The molecule has 9 heteroatoms. The Hall–Kier alpha value is 0.01000. The molecule has 0 saturated heterocycles. The Kier molecular flexibility index (Phi) is 5.02. The van der Waals surface area contributed by atoms with Gasteiger partial charge in [0, 0.05) is 18.4 Å². The average molecular weight is 416 g/mol. The van der Waals surface area contributed by atoms with Crippen LogP contribution in [-0.2, 0) is 17.1 Å². The van der Waals surface area contributed by atoms with E-state index in [2.05, 4.69) is 46.9 Å². The van der Waals surface area contributed by atoms with Crippen LogP contribution in [0.2, 0.25) is 0 Å². The van der Waals surface area contributed by atoms with Crippen LogP contribution in [-0.4, -0.2) is 34.8 Å². The molecule has 2 rings (SSSR count). The second-order valence-corrected chi connectivity index (χ2v) is 8.51. The van der Waals surface area contributed by atoms with E-state index in [9.17, 15) is 8.42 Å². The number of aromatic nitrogens is 3. The number of hydrogen-bond acceptors (Lipinski definition) is 4. The van der Waals surface area contributed by atoms with Crippen molar-refractivity contribution in [3.8, 4) is 0 Å². The molecule has 1 saturated carbocycles. The summed E-state index contributed by atoms with van der Waals surface area (Å²) in [5, 5.41) is 7.44. The van der Waals surface area contributed by atoms with Gasteiger partial charge in [-0.1, -0.05) is 21.1 Å². The maximum atomic E-state index is 12.2. The van der Waals surface area contributed by atoms with Crippen LogP contribution in [0.4, 0.5) is 0 Å². The maximum Gasteiger partial charge on any atom is 0.260 e. The Labute approximate surface area is 129 Å². The highest BCUT2D eigenvalue weighted by Crippen LogP contribution is 2.28. The van der Waals surface area contributed by atoms with Gasteiger partial charge in [-0.15, -0.1) is 5.10 Å². The molecular weight excluding hydrogens is 400 g/mol. The lowest BCUT2D eigenvalue weighted by Crippen LogP contribution is -2.32. The zero-order valence-corrected chi connectivity index (χ0v) is 14.5. The molecule has 1 aliphatic carbocycles. The van der Waals surface area contributed by atoms with Crippen LogP contribution in [0.15, 0.2) is 9.63 Å². The van der Waals surface area contributed by atoms with E-state index in [1.54, 1.807) is 7.05 Å². The smallest absolute Gasteiger partial charge is 0.235 e. The number of hydrogen-bond donors (Lipinski definition) is 1. The molecule has 1 heterocycles. The van der Waals surface area contributed by atoms with Crippen molar-refractivity contribution >= 4 is 41.9 Å². The van der Waals surface area contributed by atoms with E-state index >= 15 is 0 Å². The summed E-state index contributed by atoms with van der Waals surface area (Å²) in [6.45, 7) is 0.472. The van der Waals surface area contributed by atoms with Gasteiger partial charge >= 0.3 is 0 Å². The summed E-state index contributed by atoms with van der Waals surface area (Å²) in [5.41, 5.74) is 0. The van der Waals surface area contributed by atoms with E-state index in [0.717, 1.165) is 25.7 Å². The first kappa shape index (κ1) is 15.4. The number of sulfonamides is 1. The highest BCUT2D eigenvalue weighted by Gasteiger charge is 2.26. The monoisotopic (exact) mass is 414 g/mol. The molecule has 0 bridgehead atoms. The molecule has 1 aromatic rings. The standard InChI is InChI=1S/C10H16Br2N4O2S/c1-16-10(9(12)14-15-16)19(17,18)13-6-7-2-4-8(11)5-3-7/h7-8,13H,2-6H2,1H3. The maximum absolute atomic E-state index is 12.2. The molecule has 0 atom stereocenters. The molecule has 0 unspecified atom stereocenters. The lowest BCUT2D eigenvalue weighted by atomic mass is 9.89. The highest BCUT2D eigenvalue weighted by molar-refractivity contribution is 9.10. The summed E-state index contributed by atoms with van der Waals surface area (Å²) < 4.78 is 28.5. The zero-order chi connectivity index (χ0) is 14.0. The van der Waals surface area contributed by atoms with Crippen molar-refractivity contribution in [2.45, 2.75) is 35.5 Å². The Morgan fingerprint density at radius 2 is 2.00 bits per heavy atom. The van der Waals surface area contributed by atoms with Gasteiger partial charge in [-0.2, -0.15) is 0 Å². The molecule has 1 N–H and O–H groups in total. The Balaban J connectivity index is 1.99. The normalized spacial score (nSPS) is 24.6. The van der Waals surface area contributed by atoms with Gasteiger partial charge < -0.3 is 0 Å². The number of nitrogens with one attached hydrogen (secondary N) is 1. The van der Waals surface area contributed by atoms with Gasteiger partial charge in [0.25, 0.3) is 10.0 Å². The summed E-state index contributed by atoms with van der Waals surface area (Å²) >= 11 is 6.70. The number of nitrogens with zero attached hydrogens (tertiary/aromatic N) is 3. The highest BCUT2D eigenvalue weighted by atomic mass is 79.9. The molecular formula is C10H16Br2N4O2S. The third-order valence-corrected chi connectivity index (χ3v) is 6.56. The topological polar surface area (TPSA) is 76.9 Å². The molecule has 0 radical (unpaired) electrons. The average Bonchev–Trinajstić information content (AvgIpc) is 2.69. The fourth-order valence-electron chi connectivity index (χ4n) is 2.23. The Morgan fingerprint density at radius 3 is 2.53 bits per heavy atom. The largest absolute Gasteiger partial charge is 0.260 e. The number of alkyl halides is 1. The number of rotatable bonds is 4.